The lowest BCUT2D eigenvalue weighted by Crippen LogP contribution is -2.31. The molecule has 0 aliphatic carbocycles. The topological polar surface area (TPSA) is 100 Å². The van der Waals surface area contributed by atoms with Crippen LogP contribution >= 0.6 is 11.6 Å². The van der Waals surface area contributed by atoms with Crippen LogP contribution < -0.4 is 25.0 Å². The fourth-order valence-corrected chi connectivity index (χ4v) is 3.59. The molecule has 4 aromatic rings. The van der Waals surface area contributed by atoms with Crippen molar-refractivity contribution in [3.8, 4) is 28.8 Å². The minimum atomic E-state index is -0.451. The molecule has 0 spiro atoms. The normalized spacial score (nSPS) is 10.8. The number of rotatable bonds is 9. The van der Waals surface area contributed by atoms with E-state index in [9.17, 15) is 9.59 Å². The molecule has 2 aromatic carbocycles. The van der Waals surface area contributed by atoms with Crippen LogP contribution in [0.3, 0.4) is 0 Å². The van der Waals surface area contributed by atoms with Gasteiger partial charge >= 0.3 is 0 Å². The maximum Gasteiger partial charge on any atom is 0.257 e. The monoisotopic (exact) mass is 483 g/mol. The summed E-state index contributed by atoms with van der Waals surface area (Å²) >= 11 is 6.03. The van der Waals surface area contributed by atoms with Crippen molar-refractivity contribution in [3.63, 3.8) is 0 Å². The summed E-state index contributed by atoms with van der Waals surface area (Å²) in [5, 5.41) is 3.40. The molecular formula is C25H22ClNO7. The third-order valence-electron chi connectivity index (χ3n) is 5.09. The van der Waals surface area contributed by atoms with E-state index >= 15 is 0 Å². The Kier molecular flexibility index (Phi) is 7.08. The van der Waals surface area contributed by atoms with E-state index < -0.39 is 11.3 Å². The number of hydrogen-bond donors (Lipinski definition) is 1. The van der Waals surface area contributed by atoms with Crippen molar-refractivity contribution < 1.29 is 27.8 Å². The fraction of sp³-hybridized carbons (Fsp3) is 0.200. The van der Waals surface area contributed by atoms with Gasteiger partial charge in [0.15, 0.2) is 23.9 Å². The van der Waals surface area contributed by atoms with Crippen LogP contribution in [0.15, 0.2) is 68.4 Å². The van der Waals surface area contributed by atoms with E-state index in [1.54, 1.807) is 44.6 Å². The summed E-state index contributed by atoms with van der Waals surface area (Å²) in [6.45, 7) is -0.0128. The van der Waals surface area contributed by atoms with Crippen molar-refractivity contribution in [3.05, 3.63) is 75.6 Å². The molecule has 1 N–H and O–H groups in total. The van der Waals surface area contributed by atoms with Crippen molar-refractivity contribution in [2.24, 2.45) is 0 Å². The number of carbonyl (C=O) groups excluding carboxylic acids is 1. The van der Waals surface area contributed by atoms with Gasteiger partial charge in [-0.1, -0.05) is 17.7 Å². The number of hydrogen-bond acceptors (Lipinski definition) is 7. The highest BCUT2D eigenvalue weighted by molar-refractivity contribution is 6.31. The van der Waals surface area contributed by atoms with Crippen LogP contribution in [-0.2, 0) is 11.2 Å². The van der Waals surface area contributed by atoms with Gasteiger partial charge in [0.25, 0.3) is 5.91 Å². The van der Waals surface area contributed by atoms with Gasteiger partial charge in [0.1, 0.15) is 5.58 Å². The molecule has 0 aliphatic rings. The van der Waals surface area contributed by atoms with Crippen molar-refractivity contribution in [1.82, 2.24) is 5.32 Å². The maximum atomic E-state index is 13.1. The first-order chi connectivity index (χ1) is 16.5. The van der Waals surface area contributed by atoms with Gasteiger partial charge in [-0.2, -0.15) is 0 Å². The summed E-state index contributed by atoms with van der Waals surface area (Å²) in [6, 6.07) is 13.5. The summed E-state index contributed by atoms with van der Waals surface area (Å²) in [4.78, 5) is 25.5. The molecule has 0 aliphatic heterocycles. The number of methoxy groups -OCH3 is 2. The van der Waals surface area contributed by atoms with Gasteiger partial charge in [-0.05, 0) is 54.4 Å². The lowest BCUT2D eigenvalue weighted by atomic mass is 10.1. The minimum absolute atomic E-state index is 0.1000. The van der Waals surface area contributed by atoms with E-state index in [1.165, 1.54) is 12.3 Å². The highest BCUT2D eigenvalue weighted by atomic mass is 35.5. The quantitative estimate of drug-likeness (QED) is 0.375. The molecule has 2 aromatic heterocycles. The predicted octanol–water partition coefficient (Wildman–Crippen LogP) is 4.46. The number of benzene rings is 2. The number of furan rings is 1. The molecule has 1 amide bonds. The zero-order chi connectivity index (χ0) is 24.1. The largest absolute Gasteiger partial charge is 0.493 e. The molecule has 0 saturated carbocycles. The van der Waals surface area contributed by atoms with Crippen LogP contribution in [0.25, 0.3) is 22.5 Å². The fourth-order valence-electron chi connectivity index (χ4n) is 3.42. The van der Waals surface area contributed by atoms with Gasteiger partial charge in [0.05, 0.1) is 25.9 Å². The van der Waals surface area contributed by atoms with E-state index in [2.05, 4.69) is 5.32 Å². The highest BCUT2D eigenvalue weighted by Gasteiger charge is 2.21. The Labute approximate surface area is 200 Å². The zero-order valence-corrected chi connectivity index (χ0v) is 19.3. The molecular weight excluding hydrogens is 462 g/mol. The van der Waals surface area contributed by atoms with E-state index in [0.29, 0.717) is 40.8 Å². The minimum Gasteiger partial charge on any atom is -0.493 e. The molecule has 0 fully saturated rings. The number of ether oxygens (including phenoxy) is 3. The molecule has 34 heavy (non-hydrogen) atoms. The highest BCUT2D eigenvalue weighted by Crippen LogP contribution is 2.32. The van der Waals surface area contributed by atoms with E-state index in [1.807, 2.05) is 12.1 Å². The Balaban J connectivity index is 1.45. The molecule has 2 heterocycles. The van der Waals surface area contributed by atoms with Crippen LogP contribution in [0.5, 0.6) is 17.2 Å². The average Bonchev–Trinajstić information content (AvgIpc) is 3.38. The SMILES string of the molecule is COc1ccc(CCNC(=O)COc2c(-c3ccco3)oc3ccc(Cl)cc3c2=O)cc1OC. The summed E-state index contributed by atoms with van der Waals surface area (Å²) in [5.74, 6) is 1.13. The van der Waals surface area contributed by atoms with Crippen molar-refractivity contribution >= 4 is 28.5 Å². The molecule has 0 atom stereocenters. The van der Waals surface area contributed by atoms with Gasteiger partial charge < -0.3 is 28.4 Å². The second-order valence-electron chi connectivity index (χ2n) is 7.29. The van der Waals surface area contributed by atoms with E-state index in [4.69, 9.17) is 34.6 Å². The molecule has 8 nitrogen and oxygen atoms in total. The van der Waals surface area contributed by atoms with E-state index in [0.717, 1.165) is 5.56 Å². The molecule has 0 bridgehead atoms. The van der Waals surface area contributed by atoms with Gasteiger partial charge in [0.2, 0.25) is 16.9 Å². The van der Waals surface area contributed by atoms with Gasteiger partial charge in [-0.3, -0.25) is 9.59 Å². The van der Waals surface area contributed by atoms with E-state index in [-0.39, 0.29) is 23.5 Å². The molecule has 0 radical (unpaired) electrons. The Morgan fingerprint density at radius 3 is 2.62 bits per heavy atom. The first-order valence-electron chi connectivity index (χ1n) is 10.4. The first-order valence-corrected chi connectivity index (χ1v) is 10.8. The maximum absolute atomic E-state index is 13.1. The standard InChI is InChI=1S/C25H22ClNO7/c1-30-19-7-5-15(12-21(19)31-2)9-10-27-22(28)14-33-25-23(29)17-13-16(26)6-8-18(17)34-24(25)20-4-3-11-32-20/h3-8,11-13H,9-10,14H2,1-2H3,(H,27,28). The molecule has 176 valence electrons. The Morgan fingerprint density at radius 2 is 1.88 bits per heavy atom. The number of nitrogens with one attached hydrogen (secondary N) is 1. The smallest absolute Gasteiger partial charge is 0.257 e. The van der Waals surface area contributed by atoms with Gasteiger partial charge in [-0.25, -0.2) is 0 Å². The lowest BCUT2D eigenvalue weighted by molar-refractivity contribution is -0.123. The van der Waals surface area contributed by atoms with Gasteiger partial charge in [0, 0.05) is 11.6 Å². The zero-order valence-electron chi connectivity index (χ0n) is 18.6. The van der Waals surface area contributed by atoms with Crippen LogP contribution in [0.4, 0.5) is 0 Å². The third-order valence-corrected chi connectivity index (χ3v) is 5.32. The Bertz CT molecular complexity index is 1360. The number of carbonyl (C=O) groups is 1. The molecule has 0 saturated heterocycles. The van der Waals surface area contributed by atoms with Crippen LogP contribution in [0, 0.1) is 0 Å². The molecule has 4 rings (SSSR count). The second-order valence-corrected chi connectivity index (χ2v) is 7.72. The van der Waals surface area contributed by atoms with Crippen molar-refractivity contribution in [2.45, 2.75) is 6.42 Å². The Morgan fingerprint density at radius 1 is 1.06 bits per heavy atom. The van der Waals surface area contributed by atoms with Crippen LogP contribution in [0.2, 0.25) is 5.02 Å². The van der Waals surface area contributed by atoms with Crippen molar-refractivity contribution in [2.75, 3.05) is 27.4 Å². The summed E-state index contributed by atoms with van der Waals surface area (Å²) in [7, 11) is 3.13. The van der Waals surface area contributed by atoms with Crippen LogP contribution in [0.1, 0.15) is 5.56 Å². The Hall–Kier alpha value is -3.91. The van der Waals surface area contributed by atoms with Crippen LogP contribution in [-0.4, -0.2) is 33.3 Å². The second kappa shape index (κ2) is 10.4. The molecule has 9 heteroatoms. The number of halogens is 1. The first kappa shape index (κ1) is 23.3. The van der Waals surface area contributed by atoms with Gasteiger partial charge in [-0.15, -0.1) is 0 Å². The predicted molar refractivity (Wildman–Crippen MR) is 127 cm³/mol. The average molecular weight is 484 g/mol. The summed E-state index contributed by atoms with van der Waals surface area (Å²) < 4.78 is 27.4. The van der Waals surface area contributed by atoms with Crippen molar-refractivity contribution in [1.29, 1.82) is 0 Å². The molecule has 0 unspecified atom stereocenters. The lowest BCUT2D eigenvalue weighted by Gasteiger charge is -2.11. The third kappa shape index (κ3) is 5.02. The number of fused-ring (bicyclic) bond motifs is 1. The summed E-state index contributed by atoms with van der Waals surface area (Å²) in [5.41, 5.74) is 0.840. The number of amides is 1. The summed E-state index contributed by atoms with van der Waals surface area (Å²) in [6.07, 6.45) is 2.02.